The molecule has 0 aromatic heterocycles. The fraction of sp³-hybridized carbons (Fsp3) is 0.294. The summed E-state index contributed by atoms with van der Waals surface area (Å²) in [7, 11) is 0.676. The third-order valence-electron chi connectivity index (χ3n) is 3.06. The molecule has 2 rings (SSSR count). The van der Waals surface area contributed by atoms with E-state index in [-0.39, 0.29) is 5.82 Å². The SMILES string of the molecule is COc1cccc(C[S@](=O)CCCOc2ccc(F)cc2)c1. The first-order valence-corrected chi connectivity index (χ1v) is 8.52. The van der Waals surface area contributed by atoms with Gasteiger partial charge >= 0.3 is 0 Å². The van der Waals surface area contributed by atoms with Crippen LogP contribution >= 0.6 is 0 Å². The summed E-state index contributed by atoms with van der Waals surface area (Å²) < 4.78 is 35.4. The zero-order valence-electron chi connectivity index (χ0n) is 12.5. The van der Waals surface area contributed by atoms with Crippen LogP contribution in [-0.2, 0) is 16.6 Å². The van der Waals surface area contributed by atoms with Crippen LogP contribution in [-0.4, -0.2) is 23.7 Å². The molecule has 0 heterocycles. The van der Waals surface area contributed by atoms with Crippen LogP contribution in [0.15, 0.2) is 48.5 Å². The van der Waals surface area contributed by atoms with E-state index in [1.807, 2.05) is 24.3 Å². The van der Waals surface area contributed by atoms with Gasteiger partial charge in [0.05, 0.1) is 13.7 Å². The van der Waals surface area contributed by atoms with E-state index in [2.05, 4.69) is 0 Å². The molecule has 0 unspecified atom stereocenters. The third-order valence-corrected chi connectivity index (χ3v) is 4.46. The van der Waals surface area contributed by atoms with Gasteiger partial charge in [0, 0.05) is 22.3 Å². The fourth-order valence-electron chi connectivity index (χ4n) is 1.96. The molecule has 0 aliphatic heterocycles. The second kappa shape index (κ2) is 8.54. The highest BCUT2D eigenvalue weighted by atomic mass is 32.2. The highest BCUT2D eigenvalue weighted by Gasteiger charge is 2.04. The van der Waals surface area contributed by atoms with Crippen LogP contribution in [0.3, 0.4) is 0 Å². The van der Waals surface area contributed by atoms with Crippen LogP contribution in [0.2, 0.25) is 0 Å². The van der Waals surface area contributed by atoms with Crippen LogP contribution in [0.4, 0.5) is 4.39 Å². The maximum absolute atomic E-state index is 12.7. The van der Waals surface area contributed by atoms with Crippen molar-refractivity contribution in [2.24, 2.45) is 0 Å². The average Bonchev–Trinajstić information content (AvgIpc) is 2.53. The van der Waals surface area contributed by atoms with E-state index in [0.29, 0.717) is 30.3 Å². The number of rotatable bonds is 8. The third kappa shape index (κ3) is 5.48. The van der Waals surface area contributed by atoms with Crippen molar-refractivity contribution in [3.63, 3.8) is 0 Å². The molecule has 22 heavy (non-hydrogen) atoms. The lowest BCUT2D eigenvalue weighted by atomic mass is 10.2. The van der Waals surface area contributed by atoms with Gasteiger partial charge in [-0.15, -0.1) is 0 Å². The number of hydrogen-bond acceptors (Lipinski definition) is 3. The van der Waals surface area contributed by atoms with Gasteiger partial charge in [0.1, 0.15) is 17.3 Å². The number of hydrogen-bond donors (Lipinski definition) is 0. The smallest absolute Gasteiger partial charge is 0.123 e. The molecular formula is C17H19FO3S. The Morgan fingerprint density at radius 3 is 2.59 bits per heavy atom. The molecule has 0 saturated carbocycles. The minimum Gasteiger partial charge on any atom is -0.497 e. The van der Waals surface area contributed by atoms with Crippen molar-refractivity contribution < 1.29 is 18.1 Å². The Hall–Kier alpha value is -1.88. The molecule has 0 spiro atoms. The number of methoxy groups -OCH3 is 1. The summed E-state index contributed by atoms with van der Waals surface area (Å²) in [6, 6.07) is 13.5. The van der Waals surface area contributed by atoms with Crippen molar-refractivity contribution in [2.45, 2.75) is 12.2 Å². The molecule has 0 radical (unpaired) electrons. The second-order valence-electron chi connectivity index (χ2n) is 4.80. The Balaban J connectivity index is 1.70. The van der Waals surface area contributed by atoms with E-state index < -0.39 is 10.8 Å². The predicted molar refractivity (Wildman–Crippen MR) is 86.2 cm³/mol. The van der Waals surface area contributed by atoms with E-state index in [4.69, 9.17) is 9.47 Å². The van der Waals surface area contributed by atoms with E-state index in [9.17, 15) is 8.60 Å². The number of benzene rings is 2. The van der Waals surface area contributed by atoms with Crippen molar-refractivity contribution >= 4 is 10.8 Å². The molecule has 0 N–H and O–H groups in total. The van der Waals surface area contributed by atoms with E-state index in [1.165, 1.54) is 12.1 Å². The van der Waals surface area contributed by atoms with E-state index in [1.54, 1.807) is 19.2 Å². The van der Waals surface area contributed by atoms with Crippen molar-refractivity contribution in [3.05, 3.63) is 59.9 Å². The zero-order valence-corrected chi connectivity index (χ0v) is 13.3. The summed E-state index contributed by atoms with van der Waals surface area (Å²) in [5.74, 6) is 2.19. The Morgan fingerprint density at radius 2 is 1.86 bits per heavy atom. The minimum absolute atomic E-state index is 0.285. The lowest BCUT2D eigenvalue weighted by Crippen LogP contribution is -2.06. The van der Waals surface area contributed by atoms with Gasteiger partial charge in [-0.25, -0.2) is 4.39 Å². The van der Waals surface area contributed by atoms with Crippen molar-refractivity contribution in [1.29, 1.82) is 0 Å². The predicted octanol–water partition coefficient (Wildman–Crippen LogP) is 3.55. The van der Waals surface area contributed by atoms with Crippen molar-refractivity contribution in [1.82, 2.24) is 0 Å². The number of ether oxygens (including phenoxy) is 2. The first-order valence-electron chi connectivity index (χ1n) is 7.03. The average molecular weight is 322 g/mol. The molecule has 0 aliphatic carbocycles. The monoisotopic (exact) mass is 322 g/mol. The molecule has 2 aromatic rings. The van der Waals surface area contributed by atoms with Crippen LogP contribution in [0, 0.1) is 5.82 Å². The molecule has 0 amide bonds. The van der Waals surface area contributed by atoms with Gasteiger partial charge in [-0.1, -0.05) is 12.1 Å². The Labute approximate surface area is 132 Å². The van der Waals surface area contributed by atoms with Crippen LogP contribution < -0.4 is 9.47 Å². The molecular weight excluding hydrogens is 303 g/mol. The zero-order chi connectivity index (χ0) is 15.8. The molecule has 118 valence electrons. The van der Waals surface area contributed by atoms with E-state index >= 15 is 0 Å². The summed E-state index contributed by atoms with van der Waals surface area (Å²) in [5, 5.41) is 0. The summed E-state index contributed by atoms with van der Waals surface area (Å²) in [6.07, 6.45) is 0.688. The Bertz CT molecular complexity index is 614. The number of halogens is 1. The molecule has 0 bridgehead atoms. The molecule has 5 heteroatoms. The first-order chi connectivity index (χ1) is 10.7. The minimum atomic E-state index is -0.938. The maximum atomic E-state index is 12.7. The Kier molecular flexibility index (Phi) is 6.40. The van der Waals surface area contributed by atoms with Gasteiger partial charge in [-0.3, -0.25) is 4.21 Å². The highest BCUT2D eigenvalue weighted by molar-refractivity contribution is 7.84. The van der Waals surface area contributed by atoms with Crippen LogP contribution in [0.1, 0.15) is 12.0 Å². The summed E-state index contributed by atoms with van der Waals surface area (Å²) in [4.78, 5) is 0. The quantitative estimate of drug-likeness (QED) is 0.697. The van der Waals surface area contributed by atoms with Crippen LogP contribution in [0.25, 0.3) is 0 Å². The molecule has 0 fully saturated rings. The standard InChI is InChI=1S/C17H19FO3S/c1-20-17-5-2-4-14(12-17)13-22(19)11-3-10-21-16-8-6-15(18)7-9-16/h2,4-9,12H,3,10-11,13H2,1H3/t22-/m1/s1. The van der Waals surface area contributed by atoms with Crippen molar-refractivity contribution in [3.8, 4) is 11.5 Å². The Morgan fingerprint density at radius 1 is 1.09 bits per heavy atom. The topological polar surface area (TPSA) is 35.5 Å². The second-order valence-corrected chi connectivity index (χ2v) is 6.37. The van der Waals surface area contributed by atoms with Gasteiger partial charge < -0.3 is 9.47 Å². The summed E-state index contributed by atoms with van der Waals surface area (Å²) in [5.41, 5.74) is 0.997. The molecule has 0 saturated heterocycles. The van der Waals surface area contributed by atoms with E-state index in [0.717, 1.165) is 11.3 Å². The largest absolute Gasteiger partial charge is 0.497 e. The van der Waals surface area contributed by atoms with Gasteiger partial charge in [-0.05, 0) is 48.4 Å². The van der Waals surface area contributed by atoms with Gasteiger partial charge in [0.25, 0.3) is 0 Å². The lowest BCUT2D eigenvalue weighted by Gasteiger charge is -2.07. The maximum Gasteiger partial charge on any atom is 0.123 e. The van der Waals surface area contributed by atoms with Gasteiger partial charge in [-0.2, -0.15) is 0 Å². The molecule has 0 aliphatic rings. The van der Waals surface area contributed by atoms with Gasteiger partial charge in [0.2, 0.25) is 0 Å². The molecule has 3 nitrogen and oxygen atoms in total. The summed E-state index contributed by atoms with van der Waals surface area (Å²) in [6.45, 7) is 0.468. The summed E-state index contributed by atoms with van der Waals surface area (Å²) >= 11 is 0. The fourth-order valence-corrected chi connectivity index (χ4v) is 3.10. The first kappa shape index (κ1) is 16.5. The van der Waals surface area contributed by atoms with Crippen LogP contribution in [0.5, 0.6) is 11.5 Å². The molecule has 1 atom stereocenters. The highest BCUT2D eigenvalue weighted by Crippen LogP contribution is 2.15. The lowest BCUT2D eigenvalue weighted by molar-refractivity contribution is 0.318. The van der Waals surface area contributed by atoms with Gasteiger partial charge in [0.15, 0.2) is 0 Å². The van der Waals surface area contributed by atoms with Crippen molar-refractivity contribution in [2.75, 3.05) is 19.5 Å². The molecule has 2 aromatic carbocycles. The normalized spacial score (nSPS) is 11.9.